The van der Waals surface area contributed by atoms with Crippen molar-refractivity contribution in [3.05, 3.63) is 81.9 Å². The Kier molecular flexibility index (Phi) is 6.28. The Labute approximate surface area is 186 Å². The summed E-state index contributed by atoms with van der Waals surface area (Å²) in [5.74, 6) is 1.21. The third kappa shape index (κ3) is 4.91. The van der Waals surface area contributed by atoms with Gasteiger partial charge in [-0.1, -0.05) is 36.4 Å². The van der Waals surface area contributed by atoms with E-state index < -0.39 is 0 Å². The molecule has 0 fully saturated rings. The minimum absolute atomic E-state index is 0.147. The minimum Gasteiger partial charge on any atom is -0.421 e. The largest absolute Gasteiger partial charge is 0.421 e. The number of rotatable bonds is 7. The molecule has 2 aromatic carbocycles. The summed E-state index contributed by atoms with van der Waals surface area (Å²) in [5, 5.41) is 10.1. The fraction of sp³-hybridized carbons (Fsp3) is 0.240. The van der Waals surface area contributed by atoms with Gasteiger partial charge in [0, 0.05) is 23.9 Å². The van der Waals surface area contributed by atoms with E-state index in [2.05, 4.69) is 47.5 Å². The van der Waals surface area contributed by atoms with Crippen LogP contribution in [0.3, 0.4) is 0 Å². The maximum absolute atomic E-state index is 12.8. The highest BCUT2D eigenvalue weighted by molar-refractivity contribution is 7.09. The van der Waals surface area contributed by atoms with Crippen molar-refractivity contribution in [2.24, 2.45) is 0 Å². The summed E-state index contributed by atoms with van der Waals surface area (Å²) in [7, 11) is 0. The molecule has 2 aromatic heterocycles. The Morgan fingerprint density at radius 1 is 1.03 bits per heavy atom. The van der Waals surface area contributed by atoms with Crippen LogP contribution in [0.4, 0.5) is 0 Å². The Bertz CT molecular complexity index is 1160. The molecular formula is C25H25N3O2S. The van der Waals surface area contributed by atoms with Crippen LogP contribution in [0.2, 0.25) is 0 Å². The van der Waals surface area contributed by atoms with E-state index >= 15 is 0 Å². The molecule has 4 aromatic rings. The van der Waals surface area contributed by atoms with Gasteiger partial charge in [0.1, 0.15) is 0 Å². The lowest BCUT2D eigenvalue weighted by Gasteiger charge is -2.20. The van der Waals surface area contributed by atoms with Crippen molar-refractivity contribution in [2.45, 2.75) is 33.7 Å². The highest BCUT2D eigenvalue weighted by Crippen LogP contribution is 2.29. The lowest BCUT2D eigenvalue weighted by atomic mass is 9.96. The quantitative estimate of drug-likeness (QED) is 0.378. The van der Waals surface area contributed by atoms with Gasteiger partial charge in [0.2, 0.25) is 17.7 Å². The molecule has 1 amide bonds. The monoisotopic (exact) mass is 431 g/mol. The van der Waals surface area contributed by atoms with E-state index in [1.165, 1.54) is 4.88 Å². The van der Waals surface area contributed by atoms with E-state index in [0.29, 0.717) is 31.3 Å². The molecule has 31 heavy (non-hydrogen) atoms. The molecule has 0 saturated carbocycles. The lowest BCUT2D eigenvalue weighted by Crippen LogP contribution is -2.31. The van der Waals surface area contributed by atoms with Crippen LogP contribution in [0.25, 0.3) is 22.6 Å². The van der Waals surface area contributed by atoms with Gasteiger partial charge in [-0.3, -0.25) is 4.79 Å². The van der Waals surface area contributed by atoms with Crippen LogP contribution in [0.1, 0.15) is 28.8 Å². The number of nitrogens with zero attached hydrogens (tertiary/aromatic N) is 3. The first-order valence-corrected chi connectivity index (χ1v) is 11.2. The topological polar surface area (TPSA) is 59.2 Å². The Morgan fingerprint density at radius 3 is 2.45 bits per heavy atom. The predicted octanol–water partition coefficient (Wildman–Crippen LogP) is 5.67. The molecule has 0 bridgehead atoms. The average Bonchev–Trinajstić information content (AvgIpc) is 3.45. The van der Waals surface area contributed by atoms with Gasteiger partial charge >= 0.3 is 0 Å². The zero-order valence-electron chi connectivity index (χ0n) is 18.0. The molecule has 5 nitrogen and oxygen atoms in total. The van der Waals surface area contributed by atoms with Crippen molar-refractivity contribution in [3.63, 3.8) is 0 Å². The third-order valence-corrected chi connectivity index (χ3v) is 6.15. The number of aryl methyl sites for hydroxylation is 2. The lowest BCUT2D eigenvalue weighted by molar-refractivity contribution is -0.130. The van der Waals surface area contributed by atoms with Crippen LogP contribution in [0, 0.1) is 13.8 Å². The third-order valence-electron chi connectivity index (χ3n) is 5.29. The predicted molar refractivity (Wildman–Crippen MR) is 124 cm³/mol. The van der Waals surface area contributed by atoms with E-state index in [-0.39, 0.29) is 5.91 Å². The molecule has 0 aliphatic carbocycles. The van der Waals surface area contributed by atoms with Gasteiger partial charge in [-0.25, -0.2) is 0 Å². The average molecular weight is 432 g/mol. The number of amides is 1. The number of thiophene rings is 1. The summed E-state index contributed by atoms with van der Waals surface area (Å²) >= 11 is 1.68. The molecule has 2 heterocycles. The van der Waals surface area contributed by atoms with Crippen molar-refractivity contribution < 1.29 is 9.21 Å². The molecule has 0 N–H and O–H groups in total. The fourth-order valence-electron chi connectivity index (χ4n) is 3.53. The molecule has 0 saturated heterocycles. The highest BCUT2D eigenvalue weighted by Gasteiger charge is 2.14. The first-order chi connectivity index (χ1) is 15.0. The summed E-state index contributed by atoms with van der Waals surface area (Å²) in [6.45, 7) is 7.27. The number of likely N-dealkylation sites (N-methyl/N-ethyl adjacent to an activating group) is 1. The molecule has 0 aliphatic heterocycles. The highest BCUT2D eigenvalue weighted by atomic mass is 32.1. The molecule has 158 valence electrons. The van der Waals surface area contributed by atoms with Crippen LogP contribution >= 0.6 is 11.3 Å². The van der Waals surface area contributed by atoms with Gasteiger partial charge in [-0.2, -0.15) is 0 Å². The summed E-state index contributed by atoms with van der Waals surface area (Å²) in [5.41, 5.74) is 5.28. The van der Waals surface area contributed by atoms with Gasteiger partial charge in [0.15, 0.2) is 0 Å². The summed E-state index contributed by atoms with van der Waals surface area (Å²) in [6.07, 6.45) is 0.403. The van der Waals surface area contributed by atoms with Crippen molar-refractivity contribution in [2.75, 3.05) is 6.54 Å². The Hall–Kier alpha value is -3.25. The van der Waals surface area contributed by atoms with Crippen LogP contribution in [-0.4, -0.2) is 27.5 Å². The second-order valence-corrected chi connectivity index (χ2v) is 8.55. The SMILES string of the molecule is CCN(Cc1cccs1)C(=O)Cc1ccc(-c2cc(-c3nnc(C)o3)ccc2C)cc1. The summed E-state index contributed by atoms with van der Waals surface area (Å²) in [6, 6.07) is 18.4. The number of hydrogen-bond donors (Lipinski definition) is 0. The number of hydrogen-bond acceptors (Lipinski definition) is 5. The fourth-order valence-corrected chi connectivity index (χ4v) is 4.25. The number of benzene rings is 2. The van der Waals surface area contributed by atoms with Crippen LogP contribution < -0.4 is 0 Å². The van der Waals surface area contributed by atoms with Crippen LogP contribution in [0.5, 0.6) is 0 Å². The van der Waals surface area contributed by atoms with Crippen LogP contribution in [-0.2, 0) is 17.8 Å². The standard InChI is InChI=1S/C25H25N3O2S/c1-4-28(16-22-6-5-13-31-22)24(29)14-19-8-11-20(12-9-19)23-15-21(10-7-17(23)2)25-27-26-18(3)30-25/h5-13,15H,4,14,16H2,1-3H3. The molecular weight excluding hydrogens is 406 g/mol. The van der Waals surface area contributed by atoms with Crippen molar-refractivity contribution >= 4 is 17.2 Å². The molecule has 6 heteroatoms. The van der Waals surface area contributed by atoms with Crippen molar-refractivity contribution in [1.29, 1.82) is 0 Å². The molecule has 0 aliphatic rings. The minimum atomic E-state index is 0.147. The zero-order valence-corrected chi connectivity index (χ0v) is 18.8. The molecule has 4 rings (SSSR count). The van der Waals surface area contributed by atoms with Gasteiger partial charge in [-0.15, -0.1) is 21.5 Å². The van der Waals surface area contributed by atoms with E-state index in [0.717, 1.165) is 27.8 Å². The van der Waals surface area contributed by atoms with E-state index in [9.17, 15) is 4.79 Å². The van der Waals surface area contributed by atoms with E-state index in [1.54, 1.807) is 18.3 Å². The number of aromatic nitrogens is 2. The second kappa shape index (κ2) is 9.27. The second-order valence-electron chi connectivity index (χ2n) is 7.52. The molecule has 0 spiro atoms. The Balaban J connectivity index is 1.50. The maximum atomic E-state index is 12.8. The van der Waals surface area contributed by atoms with E-state index in [4.69, 9.17) is 4.42 Å². The molecule has 0 unspecified atom stereocenters. The van der Waals surface area contributed by atoms with Crippen molar-refractivity contribution in [3.8, 4) is 22.6 Å². The Morgan fingerprint density at radius 2 is 1.81 bits per heavy atom. The summed E-state index contributed by atoms with van der Waals surface area (Å²) in [4.78, 5) is 15.9. The van der Waals surface area contributed by atoms with Crippen LogP contribution in [0.15, 0.2) is 64.4 Å². The molecule has 0 atom stereocenters. The van der Waals surface area contributed by atoms with Crippen molar-refractivity contribution in [1.82, 2.24) is 15.1 Å². The summed E-state index contributed by atoms with van der Waals surface area (Å²) < 4.78 is 5.57. The number of carbonyl (C=O) groups excluding carboxylic acids is 1. The molecule has 0 radical (unpaired) electrons. The van der Waals surface area contributed by atoms with Gasteiger partial charge < -0.3 is 9.32 Å². The normalized spacial score (nSPS) is 10.9. The first-order valence-electron chi connectivity index (χ1n) is 10.3. The van der Waals surface area contributed by atoms with E-state index in [1.807, 2.05) is 41.5 Å². The maximum Gasteiger partial charge on any atom is 0.247 e. The number of carbonyl (C=O) groups is 1. The van der Waals surface area contributed by atoms with Gasteiger partial charge in [0.25, 0.3) is 0 Å². The smallest absolute Gasteiger partial charge is 0.247 e. The van der Waals surface area contributed by atoms with Gasteiger partial charge in [0.05, 0.1) is 13.0 Å². The van der Waals surface area contributed by atoms with Gasteiger partial charge in [-0.05, 0) is 59.7 Å². The first kappa shape index (κ1) is 21.0. The zero-order chi connectivity index (χ0) is 21.8.